The standard InChI is InChI=1S/C35H55N3S/c1-23(2)11-9-13-25(4)28-16-17-29-27-22-32(37-38-33(39)36-26-14-10-12-24(3)21-26)31-15-7-8-19-34(31,5)30(27)18-20-35(28,29)6/h10,12,14,21,23,25,27-31H,7-9,11,13,15-20,22H2,1-6H3,(H2,36,38,39)/b37-32+/t25-,27+,28-,29+,30+,31-,34-,35-/m1/s1. The highest BCUT2D eigenvalue weighted by molar-refractivity contribution is 7.80. The molecule has 216 valence electrons. The molecule has 5 rings (SSSR count). The van der Waals surface area contributed by atoms with Gasteiger partial charge in [0.2, 0.25) is 0 Å². The lowest BCUT2D eigenvalue weighted by Gasteiger charge is -2.61. The highest BCUT2D eigenvalue weighted by atomic mass is 32.1. The molecule has 0 aliphatic heterocycles. The molecule has 0 heterocycles. The molecular formula is C35H55N3S. The Kier molecular flexibility index (Phi) is 8.82. The largest absolute Gasteiger partial charge is 0.331 e. The molecule has 4 heteroatoms. The van der Waals surface area contributed by atoms with Crippen LogP contribution in [0.2, 0.25) is 0 Å². The van der Waals surface area contributed by atoms with Crippen molar-refractivity contribution in [3.8, 4) is 0 Å². The summed E-state index contributed by atoms with van der Waals surface area (Å²) in [7, 11) is 0. The second-order valence-corrected chi connectivity index (χ2v) is 15.4. The van der Waals surface area contributed by atoms with Crippen molar-refractivity contribution in [3.63, 3.8) is 0 Å². The van der Waals surface area contributed by atoms with E-state index < -0.39 is 0 Å². The number of fused-ring (bicyclic) bond motifs is 5. The van der Waals surface area contributed by atoms with Crippen LogP contribution >= 0.6 is 12.2 Å². The summed E-state index contributed by atoms with van der Waals surface area (Å²) in [5.74, 6) is 5.71. The van der Waals surface area contributed by atoms with Crippen molar-refractivity contribution in [2.45, 2.75) is 119 Å². The predicted octanol–water partition coefficient (Wildman–Crippen LogP) is 9.76. The second-order valence-electron chi connectivity index (χ2n) is 15.0. The van der Waals surface area contributed by atoms with Crippen LogP contribution in [0.1, 0.15) is 117 Å². The maximum absolute atomic E-state index is 5.70. The van der Waals surface area contributed by atoms with E-state index in [9.17, 15) is 0 Å². The number of nitrogens with one attached hydrogen (secondary N) is 2. The van der Waals surface area contributed by atoms with Crippen molar-refractivity contribution in [2.24, 2.45) is 57.4 Å². The van der Waals surface area contributed by atoms with Gasteiger partial charge in [-0.2, -0.15) is 5.10 Å². The van der Waals surface area contributed by atoms with E-state index in [1.807, 2.05) is 0 Å². The molecule has 4 aliphatic rings. The minimum absolute atomic E-state index is 0.398. The summed E-state index contributed by atoms with van der Waals surface area (Å²) in [6.45, 7) is 14.8. The molecule has 0 spiro atoms. The molecular weight excluding hydrogens is 494 g/mol. The minimum Gasteiger partial charge on any atom is -0.331 e. The zero-order chi connectivity index (χ0) is 27.8. The number of thiocarbonyl (C=S) groups is 1. The van der Waals surface area contributed by atoms with E-state index in [4.69, 9.17) is 17.3 Å². The summed E-state index contributed by atoms with van der Waals surface area (Å²) in [5.41, 5.74) is 7.89. The van der Waals surface area contributed by atoms with Crippen molar-refractivity contribution < 1.29 is 0 Å². The van der Waals surface area contributed by atoms with Gasteiger partial charge >= 0.3 is 0 Å². The van der Waals surface area contributed by atoms with Gasteiger partial charge in [0, 0.05) is 17.3 Å². The lowest BCUT2D eigenvalue weighted by atomic mass is 9.44. The van der Waals surface area contributed by atoms with Crippen LogP contribution in [0.15, 0.2) is 29.4 Å². The van der Waals surface area contributed by atoms with Gasteiger partial charge in [-0.3, -0.25) is 5.43 Å². The van der Waals surface area contributed by atoms with E-state index in [1.54, 1.807) is 0 Å². The quantitative estimate of drug-likeness (QED) is 0.262. The van der Waals surface area contributed by atoms with E-state index in [0.717, 1.165) is 41.2 Å². The molecule has 4 fully saturated rings. The Labute approximate surface area is 244 Å². The molecule has 2 N–H and O–H groups in total. The molecule has 0 saturated heterocycles. The van der Waals surface area contributed by atoms with E-state index in [0.29, 0.717) is 21.9 Å². The third-order valence-electron chi connectivity index (χ3n) is 12.2. The number of rotatable bonds is 7. The van der Waals surface area contributed by atoms with Gasteiger partial charge in [0.15, 0.2) is 5.11 Å². The Hall–Kier alpha value is -1.42. The Morgan fingerprint density at radius 1 is 1.00 bits per heavy atom. The first-order valence-electron chi connectivity index (χ1n) is 16.3. The van der Waals surface area contributed by atoms with Crippen LogP contribution in [-0.2, 0) is 0 Å². The topological polar surface area (TPSA) is 36.4 Å². The molecule has 0 amide bonds. The van der Waals surface area contributed by atoms with Crippen LogP contribution in [0.5, 0.6) is 0 Å². The number of nitrogens with zero attached hydrogens (tertiary/aromatic N) is 1. The van der Waals surface area contributed by atoms with E-state index in [-0.39, 0.29) is 0 Å². The first-order chi connectivity index (χ1) is 18.6. The Morgan fingerprint density at radius 2 is 1.79 bits per heavy atom. The Morgan fingerprint density at radius 3 is 2.56 bits per heavy atom. The van der Waals surface area contributed by atoms with Gasteiger partial charge in [-0.05, 0) is 128 Å². The molecule has 1 aromatic carbocycles. The summed E-state index contributed by atoms with van der Waals surface area (Å²) < 4.78 is 0. The van der Waals surface area contributed by atoms with Gasteiger partial charge in [0.1, 0.15) is 0 Å². The SMILES string of the molecule is Cc1cccc(NC(=S)N/N=C2\C[C@@H]3[C@H](CC[C@]4(C)[C@@H]([C@H](C)CCCC(C)C)CC[C@@H]34)[C@@]3(C)CCCC[C@H]23)c1. The number of aryl methyl sites for hydroxylation is 1. The number of hydrazone groups is 1. The first kappa shape index (κ1) is 29.1. The number of anilines is 1. The molecule has 3 nitrogen and oxygen atoms in total. The van der Waals surface area contributed by atoms with Crippen molar-refractivity contribution in [2.75, 3.05) is 5.32 Å². The zero-order valence-corrected chi connectivity index (χ0v) is 26.5. The third kappa shape index (κ3) is 5.84. The first-order valence-corrected chi connectivity index (χ1v) is 16.7. The summed E-state index contributed by atoms with van der Waals surface area (Å²) >= 11 is 5.70. The molecule has 4 saturated carbocycles. The number of hydrogen-bond donors (Lipinski definition) is 2. The van der Waals surface area contributed by atoms with Crippen LogP contribution in [0.4, 0.5) is 5.69 Å². The third-order valence-corrected chi connectivity index (χ3v) is 12.4. The maximum Gasteiger partial charge on any atom is 0.191 e. The maximum atomic E-state index is 5.70. The Balaban J connectivity index is 1.33. The van der Waals surface area contributed by atoms with Crippen molar-refractivity contribution in [1.29, 1.82) is 0 Å². The van der Waals surface area contributed by atoms with Crippen LogP contribution in [0.3, 0.4) is 0 Å². The number of hydrogen-bond acceptors (Lipinski definition) is 2. The van der Waals surface area contributed by atoms with Crippen molar-refractivity contribution in [3.05, 3.63) is 29.8 Å². The fraction of sp³-hybridized carbons (Fsp3) is 0.771. The van der Waals surface area contributed by atoms with Crippen molar-refractivity contribution in [1.82, 2.24) is 5.43 Å². The monoisotopic (exact) mass is 549 g/mol. The average molecular weight is 550 g/mol. The second kappa shape index (κ2) is 11.8. The molecule has 0 radical (unpaired) electrons. The molecule has 0 unspecified atom stereocenters. The summed E-state index contributed by atoms with van der Waals surface area (Å²) in [5, 5.41) is 9.10. The molecule has 1 aromatic rings. The van der Waals surface area contributed by atoms with Crippen LogP contribution < -0.4 is 10.7 Å². The highest BCUT2D eigenvalue weighted by Crippen LogP contribution is 2.68. The summed E-state index contributed by atoms with van der Waals surface area (Å²) in [4.78, 5) is 0. The van der Waals surface area contributed by atoms with E-state index in [2.05, 4.69) is 76.6 Å². The summed E-state index contributed by atoms with van der Waals surface area (Å²) in [6, 6.07) is 8.39. The van der Waals surface area contributed by atoms with Gasteiger partial charge < -0.3 is 5.32 Å². The van der Waals surface area contributed by atoms with Crippen molar-refractivity contribution >= 4 is 28.7 Å². The molecule has 39 heavy (non-hydrogen) atoms. The fourth-order valence-electron chi connectivity index (χ4n) is 10.3. The van der Waals surface area contributed by atoms with Gasteiger partial charge in [-0.25, -0.2) is 0 Å². The highest BCUT2D eigenvalue weighted by Gasteiger charge is 2.61. The summed E-state index contributed by atoms with van der Waals surface area (Å²) in [6.07, 6.45) is 16.6. The lowest BCUT2D eigenvalue weighted by molar-refractivity contribution is -0.0798. The number of benzene rings is 1. The minimum atomic E-state index is 0.398. The fourth-order valence-corrected chi connectivity index (χ4v) is 10.4. The average Bonchev–Trinajstić information content (AvgIpc) is 3.24. The zero-order valence-electron chi connectivity index (χ0n) is 25.7. The van der Waals surface area contributed by atoms with Gasteiger partial charge in [0.05, 0.1) is 0 Å². The van der Waals surface area contributed by atoms with Gasteiger partial charge in [-0.15, -0.1) is 0 Å². The van der Waals surface area contributed by atoms with Crippen LogP contribution in [-0.4, -0.2) is 10.8 Å². The van der Waals surface area contributed by atoms with E-state index >= 15 is 0 Å². The Bertz CT molecular complexity index is 1050. The van der Waals surface area contributed by atoms with E-state index in [1.165, 1.54) is 88.3 Å². The molecule has 4 aliphatic carbocycles. The molecule has 0 bridgehead atoms. The van der Waals surface area contributed by atoms with Crippen LogP contribution in [0, 0.1) is 59.2 Å². The molecule has 0 aromatic heterocycles. The molecule has 8 atom stereocenters. The van der Waals surface area contributed by atoms with Gasteiger partial charge in [-0.1, -0.05) is 78.9 Å². The van der Waals surface area contributed by atoms with Gasteiger partial charge in [0.25, 0.3) is 0 Å². The normalized spacial score (nSPS) is 37.6. The van der Waals surface area contributed by atoms with Crippen LogP contribution in [0.25, 0.3) is 0 Å². The predicted molar refractivity (Wildman–Crippen MR) is 171 cm³/mol. The lowest BCUT2D eigenvalue weighted by Crippen LogP contribution is -2.56. The smallest absolute Gasteiger partial charge is 0.191 e.